The lowest BCUT2D eigenvalue weighted by Crippen LogP contribution is -2.23. The van der Waals surface area contributed by atoms with Gasteiger partial charge in [-0.2, -0.15) is 0 Å². The van der Waals surface area contributed by atoms with Crippen molar-refractivity contribution in [3.63, 3.8) is 0 Å². The van der Waals surface area contributed by atoms with Gasteiger partial charge in [0.15, 0.2) is 0 Å². The molecular weight excluding hydrogens is 238 g/mol. The van der Waals surface area contributed by atoms with E-state index in [1.165, 1.54) is 0 Å². The van der Waals surface area contributed by atoms with Crippen LogP contribution in [0, 0.1) is 6.92 Å². The molecule has 0 aliphatic heterocycles. The average molecular weight is 258 g/mol. The van der Waals surface area contributed by atoms with Gasteiger partial charge < -0.3 is 10.4 Å². The minimum atomic E-state index is -0.157. The molecule has 0 fully saturated rings. The highest BCUT2D eigenvalue weighted by Gasteiger charge is 2.21. The first-order chi connectivity index (χ1) is 7.75. The molecule has 0 aromatic carbocycles. The number of nitrogens with one attached hydrogen (secondary N) is 1. The number of aromatic nitrogens is 2. The van der Waals surface area contributed by atoms with Crippen LogP contribution >= 0.6 is 11.6 Å². The zero-order valence-corrected chi connectivity index (χ0v) is 11.8. The zero-order chi connectivity index (χ0) is 13.2. The summed E-state index contributed by atoms with van der Waals surface area (Å²) in [6, 6.07) is -0.0625. The molecule has 1 heterocycles. The Kier molecular flexibility index (Phi) is 4.33. The van der Waals surface area contributed by atoms with Gasteiger partial charge in [-0.15, -0.1) is 0 Å². The van der Waals surface area contributed by atoms with Crippen LogP contribution in [0.4, 0.5) is 5.82 Å². The van der Waals surface area contributed by atoms with Crippen LogP contribution in [0.2, 0.25) is 5.15 Å². The van der Waals surface area contributed by atoms with Gasteiger partial charge in [-0.3, -0.25) is 0 Å². The summed E-state index contributed by atoms with van der Waals surface area (Å²) < 4.78 is 0. The van der Waals surface area contributed by atoms with Crippen molar-refractivity contribution >= 4 is 17.4 Å². The molecular formula is C12H20ClN3O. The fraction of sp³-hybridized carbons (Fsp3) is 0.667. The third-order valence-corrected chi connectivity index (χ3v) is 2.78. The van der Waals surface area contributed by atoms with Gasteiger partial charge >= 0.3 is 0 Å². The molecule has 0 saturated heterocycles. The van der Waals surface area contributed by atoms with Crippen LogP contribution in [0.5, 0.6) is 0 Å². The first-order valence-electron chi connectivity index (χ1n) is 5.67. The number of halogens is 1. The molecule has 5 heteroatoms. The van der Waals surface area contributed by atoms with Crippen LogP contribution in [0.15, 0.2) is 0 Å². The van der Waals surface area contributed by atoms with Crippen molar-refractivity contribution in [3.8, 4) is 0 Å². The molecule has 0 radical (unpaired) electrons. The van der Waals surface area contributed by atoms with Gasteiger partial charge in [0.25, 0.3) is 0 Å². The lowest BCUT2D eigenvalue weighted by Gasteiger charge is -2.20. The molecule has 17 heavy (non-hydrogen) atoms. The number of rotatable bonds is 3. The van der Waals surface area contributed by atoms with Crippen LogP contribution < -0.4 is 5.32 Å². The largest absolute Gasteiger partial charge is 0.394 e. The number of nitrogens with zero attached hydrogens (tertiary/aromatic N) is 2. The molecule has 0 spiro atoms. The van der Waals surface area contributed by atoms with Crippen LogP contribution in [0.1, 0.15) is 39.1 Å². The average Bonchev–Trinajstić information content (AvgIpc) is 2.22. The number of aliphatic hydroxyl groups excluding tert-OH is 1. The van der Waals surface area contributed by atoms with Gasteiger partial charge in [0, 0.05) is 17.0 Å². The number of anilines is 1. The van der Waals surface area contributed by atoms with E-state index in [0.29, 0.717) is 16.8 Å². The van der Waals surface area contributed by atoms with Gasteiger partial charge in [-0.25, -0.2) is 9.97 Å². The Hall–Kier alpha value is -0.870. The third-order valence-electron chi connectivity index (χ3n) is 2.41. The summed E-state index contributed by atoms with van der Waals surface area (Å²) in [7, 11) is 0. The van der Waals surface area contributed by atoms with E-state index < -0.39 is 0 Å². The van der Waals surface area contributed by atoms with E-state index in [1.54, 1.807) is 0 Å². The fourth-order valence-corrected chi connectivity index (χ4v) is 1.41. The van der Waals surface area contributed by atoms with E-state index in [-0.39, 0.29) is 18.1 Å². The van der Waals surface area contributed by atoms with Gasteiger partial charge in [-0.1, -0.05) is 32.4 Å². The van der Waals surface area contributed by atoms with Gasteiger partial charge in [0.2, 0.25) is 0 Å². The SMILES string of the molecule is Cc1c(Cl)nc(C(C)(C)C)nc1NC(C)CO. The second-order valence-corrected chi connectivity index (χ2v) is 5.65. The smallest absolute Gasteiger partial charge is 0.137 e. The third kappa shape index (κ3) is 3.54. The summed E-state index contributed by atoms with van der Waals surface area (Å²) in [6.07, 6.45) is 0. The quantitative estimate of drug-likeness (QED) is 0.817. The van der Waals surface area contributed by atoms with Crippen LogP contribution in [-0.2, 0) is 5.41 Å². The standard InChI is InChI=1S/C12H20ClN3O/c1-7(6-17)14-10-8(2)9(13)15-11(16-10)12(3,4)5/h7,17H,6H2,1-5H3,(H,14,15,16). The second kappa shape index (κ2) is 5.19. The topological polar surface area (TPSA) is 58.0 Å². The van der Waals surface area contributed by atoms with E-state index in [4.69, 9.17) is 16.7 Å². The van der Waals surface area contributed by atoms with E-state index in [2.05, 4.69) is 15.3 Å². The van der Waals surface area contributed by atoms with Crippen molar-refractivity contribution in [2.24, 2.45) is 0 Å². The summed E-state index contributed by atoms with van der Waals surface area (Å²) in [6.45, 7) is 9.90. The molecule has 1 rings (SSSR count). The number of aliphatic hydroxyl groups is 1. The molecule has 96 valence electrons. The predicted molar refractivity (Wildman–Crippen MR) is 70.6 cm³/mol. The second-order valence-electron chi connectivity index (χ2n) is 5.29. The van der Waals surface area contributed by atoms with E-state index in [9.17, 15) is 0 Å². The van der Waals surface area contributed by atoms with Crippen LogP contribution in [0.25, 0.3) is 0 Å². The summed E-state index contributed by atoms with van der Waals surface area (Å²) >= 11 is 6.10. The summed E-state index contributed by atoms with van der Waals surface area (Å²) in [5, 5.41) is 12.6. The summed E-state index contributed by atoms with van der Waals surface area (Å²) in [4.78, 5) is 8.76. The van der Waals surface area contributed by atoms with Crippen LogP contribution in [0.3, 0.4) is 0 Å². The molecule has 0 aliphatic carbocycles. The summed E-state index contributed by atoms with van der Waals surface area (Å²) in [5.41, 5.74) is 0.649. The summed E-state index contributed by atoms with van der Waals surface area (Å²) in [5.74, 6) is 1.39. The highest BCUT2D eigenvalue weighted by molar-refractivity contribution is 6.30. The lowest BCUT2D eigenvalue weighted by molar-refractivity contribution is 0.281. The van der Waals surface area contributed by atoms with Crippen LogP contribution in [-0.4, -0.2) is 27.7 Å². The fourth-order valence-electron chi connectivity index (χ4n) is 1.24. The van der Waals surface area contributed by atoms with Gasteiger partial charge in [0.05, 0.1) is 6.61 Å². The van der Waals surface area contributed by atoms with E-state index >= 15 is 0 Å². The molecule has 0 saturated carbocycles. The molecule has 2 N–H and O–H groups in total. The highest BCUT2D eigenvalue weighted by atomic mass is 35.5. The lowest BCUT2D eigenvalue weighted by atomic mass is 9.95. The number of hydrogen-bond acceptors (Lipinski definition) is 4. The highest BCUT2D eigenvalue weighted by Crippen LogP contribution is 2.26. The zero-order valence-electron chi connectivity index (χ0n) is 11.0. The molecule has 0 amide bonds. The minimum Gasteiger partial charge on any atom is -0.394 e. The van der Waals surface area contributed by atoms with E-state index in [1.807, 2.05) is 34.6 Å². The molecule has 0 aliphatic rings. The van der Waals surface area contributed by atoms with Gasteiger partial charge in [0.1, 0.15) is 16.8 Å². The van der Waals surface area contributed by atoms with Crippen molar-refractivity contribution in [1.29, 1.82) is 0 Å². The molecule has 1 aromatic rings. The van der Waals surface area contributed by atoms with Crippen molar-refractivity contribution in [2.75, 3.05) is 11.9 Å². The van der Waals surface area contributed by atoms with Gasteiger partial charge in [-0.05, 0) is 13.8 Å². The minimum absolute atomic E-state index is 0.0475. The van der Waals surface area contributed by atoms with Crippen molar-refractivity contribution < 1.29 is 5.11 Å². The maximum absolute atomic E-state index is 9.05. The molecule has 1 aromatic heterocycles. The number of hydrogen-bond donors (Lipinski definition) is 2. The van der Waals surface area contributed by atoms with Crippen molar-refractivity contribution in [1.82, 2.24) is 9.97 Å². The molecule has 1 unspecified atom stereocenters. The Bertz CT molecular complexity index is 401. The monoisotopic (exact) mass is 257 g/mol. The molecule has 4 nitrogen and oxygen atoms in total. The Balaban J connectivity index is 3.16. The van der Waals surface area contributed by atoms with Crippen molar-refractivity contribution in [2.45, 2.75) is 46.1 Å². The predicted octanol–water partition coefficient (Wildman–Crippen LogP) is 2.53. The Morgan fingerprint density at radius 2 is 1.94 bits per heavy atom. The maximum atomic E-state index is 9.05. The Morgan fingerprint density at radius 3 is 2.41 bits per heavy atom. The first kappa shape index (κ1) is 14.2. The van der Waals surface area contributed by atoms with Crippen molar-refractivity contribution in [3.05, 3.63) is 16.5 Å². The molecule has 1 atom stereocenters. The first-order valence-corrected chi connectivity index (χ1v) is 6.05. The Labute approximate surface area is 107 Å². The normalized spacial score (nSPS) is 13.6. The Morgan fingerprint density at radius 1 is 1.35 bits per heavy atom. The van der Waals surface area contributed by atoms with E-state index in [0.717, 1.165) is 5.56 Å². The molecule has 0 bridgehead atoms. The maximum Gasteiger partial charge on any atom is 0.137 e.